The lowest BCUT2D eigenvalue weighted by Crippen LogP contribution is -2.28. The largest absolute Gasteiger partial charge is 0.493 e. The van der Waals surface area contributed by atoms with Gasteiger partial charge in [0.2, 0.25) is 0 Å². The van der Waals surface area contributed by atoms with E-state index in [1.165, 1.54) is 38.5 Å². The number of nitrogens with one attached hydrogen (secondary N) is 1. The van der Waals surface area contributed by atoms with Crippen molar-refractivity contribution in [2.75, 3.05) is 20.8 Å². The summed E-state index contributed by atoms with van der Waals surface area (Å²) in [5, 5.41) is 2.74. The highest BCUT2D eigenvalue weighted by atomic mass is 35.5. The van der Waals surface area contributed by atoms with Gasteiger partial charge < -0.3 is 19.5 Å². The third kappa shape index (κ3) is 5.10. The molecule has 8 heteroatoms. The van der Waals surface area contributed by atoms with Gasteiger partial charge >= 0.3 is 5.97 Å². The molecule has 0 aliphatic carbocycles. The van der Waals surface area contributed by atoms with E-state index in [1.807, 2.05) is 0 Å². The molecule has 26 heavy (non-hydrogen) atoms. The minimum Gasteiger partial charge on any atom is -0.493 e. The second kappa shape index (κ2) is 9.05. The van der Waals surface area contributed by atoms with Crippen LogP contribution in [0.4, 0.5) is 4.39 Å². The minimum absolute atomic E-state index is 0.0891. The van der Waals surface area contributed by atoms with Crippen LogP contribution >= 0.6 is 11.6 Å². The number of amides is 1. The Morgan fingerprint density at radius 2 is 1.81 bits per heavy atom. The predicted molar refractivity (Wildman–Crippen MR) is 93.1 cm³/mol. The first-order valence-electron chi connectivity index (χ1n) is 7.54. The fourth-order valence-electron chi connectivity index (χ4n) is 2.09. The summed E-state index contributed by atoms with van der Waals surface area (Å²) >= 11 is 5.88. The molecular weight excluding hydrogens is 365 g/mol. The van der Waals surface area contributed by atoms with Gasteiger partial charge in [-0.1, -0.05) is 17.7 Å². The maximum atomic E-state index is 13.0. The molecule has 0 bridgehead atoms. The Hall–Kier alpha value is -2.80. The zero-order chi connectivity index (χ0) is 19.1. The first kappa shape index (κ1) is 19.5. The molecule has 1 amide bonds. The molecule has 2 rings (SSSR count). The fourth-order valence-corrected chi connectivity index (χ4v) is 2.32. The molecule has 0 spiro atoms. The quantitative estimate of drug-likeness (QED) is 0.746. The molecule has 1 N–H and O–H groups in total. The Balaban J connectivity index is 1.87. The molecule has 0 saturated heterocycles. The third-order valence-electron chi connectivity index (χ3n) is 3.44. The van der Waals surface area contributed by atoms with Crippen LogP contribution in [0, 0.1) is 5.82 Å². The lowest BCUT2D eigenvalue weighted by atomic mass is 10.2. The summed E-state index contributed by atoms with van der Waals surface area (Å²) in [5.41, 5.74) is 0.768. The summed E-state index contributed by atoms with van der Waals surface area (Å²) < 4.78 is 28.1. The minimum atomic E-state index is -0.680. The van der Waals surface area contributed by atoms with E-state index >= 15 is 0 Å². The summed E-state index contributed by atoms with van der Waals surface area (Å²) in [6, 6.07) is 8.38. The van der Waals surface area contributed by atoms with Gasteiger partial charge in [-0.15, -0.1) is 0 Å². The van der Waals surface area contributed by atoms with Crippen LogP contribution in [0.3, 0.4) is 0 Å². The molecule has 2 aromatic rings. The van der Waals surface area contributed by atoms with Gasteiger partial charge in [0.1, 0.15) is 5.82 Å². The fraction of sp³-hybridized carbons (Fsp3) is 0.222. The number of hydrogen-bond donors (Lipinski definition) is 1. The number of halogens is 2. The molecule has 0 fully saturated rings. The molecule has 138 valence electrons. The van der Waals surface area contributed by atoms with Crippen molar-refractivity contribution in [2.24, 2.45) is 0 Å². The molecule has 0 unspecified atom stereocenters. The van der Waals surface area contributed by atoms with Crippen molar-refractivity contribution in [3.05, 3.63) is 58.4 Å². The smallest absolute Gasteiger partial charge is 0.338 e. The van der Waals surface area contributed by atoms with Crippen LogP contribution < -0.4 is 14.8 Å². The molecule has 0 aliphatic heterocycles. The lowest BCUT2D eigenvalue weighted by molar-refractivity contribution is -0.124. The van der Waals surface area contributed by atoms with E-state index in [-0.39, 0.29) is 17.1 Å². The highest BCUT2D eigenvalue weighted by molar-refractivity contribution is 6.31. The Labute approximate surface area is 154 Å². The van der Waals surface area contributed by atoms with Gasteiger partial charge in [0.25, 0.3) is 5.91 Å². The first-order valence-corrected chi connectivity index (χ1v) is 7.92. The molecule has 6 nitrogen and oxygen atoms in total. The Morgan fingerprint density at radius 3 is 2.46 bits per heavy atom. The van der Waals surface area contributed by atoms with E-state index in [1.54, 1.807) is 6.07 Å². The van der Waals surface area contributed by atoms with Gasteiger partial charge in [0.15, 0.2) is 18.1 Å². The van der Waals surface area contributed by atoms with Crippen LogP contribution in [0.1, 0.15) is 15.9 Å². The van der Waals surface area contributed by atoms with Gasteiger partial charge in [0.05, 0.1) is 19.8 Å². The third-order valence-corrected chi connectivity index (χ3v) is 3.80. The Morgan fingerprint density at radius 1 is 1.08 bits per heavy atom. The number of rotatable bonds is 7. The van der Waals surface area contributed by atoms with E-state index < -0.39 is 24.3 Å². The Kier molecular flexibility index (Phi) is 6.80. The zero-order valence-corrected chi connectivity index (χ0v) is 14.9. The van der Waals surface area contributed by atoms with Gasteiger partial charge in [-0.3, -0.25) is 4.79 Å². The topological polar surface area (TPSA) is 73.9 Å². The average molecular weight is 382 g/mol. The summed E-state index contributed by atoms with van der Waals surface area (Å²) in [6.45, 7) is -0.377. The monoisotopic (exact) mass is 381 g/mol. The van der Waals surface area contributed by atoms with Crippen LogP contribution in [0.15, 0.2) is 36.4 Å². The van der Waals surface area contributed by atoms with Crippen LogP contribution in [0.2, 0.25) is 5.02 Å². The van der Waals surface area contributed by atoms with Gasteiger partial charge in [-0.2, -0.15) is 0 Å². The molecule has 0 atom stereocenters. The summed E-state index contributed by atoms with van der Waals surface area (Å²) in [7, 11) is 2.93. The number of methoxy groups -OCH3 is 2. The van der Waals surface area contributed by atoms with Crippen molar-refractivity contribution >= 4 is 23.5 Å². The normalized spacial score (nSPS) is 10.2. The summed E-state index contributed by atoms with van der Waals surface area (Å²) in [6.07, 6.45) is 0. The van der Waals surface area contributed by atoms with Gasteiger partial charge in [0, 0.05) is 11.6 Å². The second-order valence-electron chi connectivity index (χ2n) is 5.16. The molecule has 0 radical (unpaired) electrons. The standard InChI is InChI=1S/C18H17ClFNO5/c1-24-15-6-4-11(7-16(15)25-2)18(23)26-10-17(22)21-9-12-3-5-13(20)8-14(12)19/h3-8H,9-10H2,1-2H3,(H,21,22). The van der Waals surface area contributed by atoms with Crippen molar-refractivity contribution in [1.82, 2.24) is 5.32 Å². The van der Waals surface area contributed by atoms with E-state index in [0.717, 1.165) is 6.07 Å². The van der Waals surface area contributed by atoms with E-state index in [9.17, 15) is 14.0 Å². The summed E-state index contributed by atoms with van der Waals surface area (Å²) in [4.78, 5) is 23.8. The highest BCUT2D eigenvalue weighted by Gasteiger charge is 2.14. The van der Waals surface area contributed by atoms with Crippen molar-refractivity contribution in [3.8, 4) is 11.5 Å². The van der Waals surface area contributed by atoms with Gasteiger partial charge in [-0.25, -0.2) is 9.18 Å². The van der Waals surface area contributed by atoms with Crippen LogP contribution in [0.25, 0.3) is 0 Å². The maximum Gasteiger partial charge on any atom is 0.338 e. The van der Waals surface area contributed by atoms with E-state index in [0.29, 0.717) is 17.1 Å². The number of carbonyl (C=O) groups excluding carboxylic acids is 2. The number of carbonyl (C=O) groups is 2. The van der Waals surface area contributed by atoms with Gasteiger partial charge in [-0.05, 0) is 35.9 Å². The summed E-state index contributed by atoms with van der Waals surface area (Å²) in [5.74, 6) is -0.815. The van der Waals surface area contributed by atoms with Crippen molar-refractivity contribution in [2.45, 2.75) is 6.54 Å². The molecule has 0 saturated carbocycles. The van der Waals surface area contributed by atoms with Crippen LogP contribution in [-0.4, -0.2) is 32.7 Å². The molecular formula is C18H17ClFNO5. The number of esters is 1. The first-order chi connectivity index (χ1) is 12.4. The van der Waals surface area contributed by atoms with Crippen molar-refractivity contribution < 1.29 is 28.2 Å². The van der Waals surface area contributed by atoms with E-state index in [2.05, 4.69) is 5.32 Å². The van der Waals surface area contributed by atoms with Crippen LogP contribution in [-0.2, 0) is 16.1 Å². The molecule has 0 aromatic heterocycles. The number of hydrogen-bond acceptors (Lipinski definition) is 5. The lowest BCUT2D eigenvalue weighted by Gasteiger charge is -2.10. The SMILES string of the molecule is COc1ccc(C(=O)OCC(=O)NCc2ccc(F)cc2Cl)cc1OC. The van der Waals surface area contributed by atoms with Crippen LogP contribution in [0.5, 0.6) is 11.5 Å². The van der Waals surface area contributed by atoms with Crippen molar-refractivity contribution in [3.63, 3.8) is 0 Å². The zero-order valence-electron chi connectivity index (χ0n) is 14.2. The number of benzene rings is 2. The maximum absolute atomic E-state index is 13.0. The molecule has 0 aliphatic rings. The van der Waals surface area contributed by atoms with E-state index in [4.69, 9.17) is 25.8 Å². The molecule has 0 heterocycles. The Bertz CT molecular complexity index is 812. The second-order valence-corrected chi connectivity index (χ2v) is 5.57. The predicted octanol–water partition coefficient (Wildman–Crippen LogP) is 2.97. The highest BCUT2D eigenvalue weighted by Crippen LogP contribution is 2.27. The number of ether oxygens (including phenoxy) is 3. The molecule has 2 aromatic carbocycles. The van der Waals surface area contributed by atoms with Crippen molar-refractivity contribution in [1.29, 1.82) is 0 Å². The average Bonchev–Trinajstić information content (AvgIpc) is 2.64.